The molecule has 0 aliphatic rings. The summed E-state index contributed by atoms with van der Waals surface area (Å²) in [6, 6.07) is 0. The van der Waals surface area contributed by atoms with Gasteiger partial charge in [-0.1, -0.05) is 6.58 Å². The van der Waals surface area contributed by atoms with E-state index in [4.69, 9.17) is 28.0 Å². The molecule has 2 unspecified atom stereocenters. The van der Waals surface area contributed by atoms with Gasteiger partial charge in [0, 0.05) is 5.57 Å². The van der Waals surface area contributed by atoms with Gasteiger partial charge in [0.2, 0.25) is 0 Å². The van der Waals surface area contributed by atoms with Gasteiger partial charge in [0.25, 0.3) is 0 Å². The van der Waals surface area contributed by atoms with Gasteiger partial charge in [-0.3, -0.25) is 0 Å². The Morgan fingerprint density at radius 3 is 2.07 bits per heavy atom. The van der Waals surface area contributed by atoms with Crippen molar-refractivity contribution in [2.24, 2.45) is 0 Å². The zero-order valence-corrected chi connectivity index (χ0v) is 32.9. The van der Waals surface area contributed by atoms with E-state index in [2.05, 4.69) is 80.7 Å². The van der Waals surface area contributed by atoms with Crippen LogP contribution in [0.2, 0.25) is 0 Å². The number of carbonyl (C=O) groups excluding carboxylic acids is 2. The number of unbranched alkanes of at least 4 members (excludes halogenated alkanes) is 1. The van der Waals surface area contributed by atoms with Gasteiger partial charge in [0.1, 0.15) is 13.2 Å². The summed E-state index contributed by atoms with van der Waals surface area (Å²) in [5.41, 5.74) is 0.310. The number of ether oxygens (including phenoxy) is 3. The number of hydrogen-bond acceptors (Lipinski definition) is 8. The fraction of sp³-hybridized carbons (Fsp3) is 0.828. The van der Waals surface area contributed by atoms with Crippen molar-refractivity contribution < 1.29 is 32.2 Å². The predicted octanol–water partition coefficient (Wildman–Crippen LogP) is 7.25. The molecule has 42 heavy (non-hydrogen) atoms. The molecule has 0 saturated heterocycles. The molecule has 0 aromatic rings. The van der Waals surface area contributed by atoms with Crippen LogP contribution >= 0.6 is 46.3 Å². The molecule has 13 heteroatoms. The molecule has 1 amide bonds. The number of carbonyl (C=O) groups is 2. The van der Waals surface area contributed by atoms with Gasteiger partial charge in [-0.15, -0.1) is 0 Å². The average molecular weight is 773 g/mol. The number of esters is 1. The molecule has 0 aromatic heterocycles. The second-order valence-electron chi connectivity index (χ2n) is 11.8. The Balaban J connectivity index is 4.77. The summed E-state index contributed by atoms with van der Waals surface area (Å²) in [5, 5.41) is 11.0. The van der Waals surface area contributed by atoms with Crippen molar-refractivity contribution in [3.05, 3.63) is 12.2 Å². The molecule has 0 radical (unpaired) electrons. The molecule has 0 aromatic carbocycles. The molecule has 0 aliphatic heterocycles. The standard InChI is InChI=1S/C29H61IN2O7S3/c1-14-15-23-42(13,30(7)8)29(6,24-31)39-41(11,12)28(4,5)38-40(9,10)22-16-18-35-20-21-37-27(34)32-17-19-36-26(33)25(2)3/h24,31H,2,14-23H2,1,3-13H3,(H,32,34). The predicted molar refractivity (Wildman–Crippen MR) is 197 cm³/mol. The number of nitrogens with one attached hydrogen (secondary N) is 2. The van der Waals surface area contributed by atoms with E-state index < -0.39 is 68.2 Å². The average Bonchev–Trinajstić information content (AvgIpc) is 2.87. The number of rotatable bonds is 22. The van der Waals surface area contributed by atoms with Crippen molar-refractivity contribution in [2.75, 3.05) is 85.6 Å². The van der Waals surface area contributed by atoms with Gasteiger partial charge in [-0.05, 0) is 6.92 Å². The van der Waals surface area contributed by atoms with Crippen molar-refractivity contribution in [1.29, 1.82) is 5.41 Å². The third-order valence-electron chi connectivity index (χ3n) is 6.99. The first kappa shape index (κ1) is 41.8. The van der Waals surface area contributed by atoms with E-state index in [0.717, 1.165) is 24.3 Å². The first-order valence-electron chi connectivity index (χ1n) is 14.1. The van der Waals surface area contributed by atoms with E-state index in [1.165, 1.54) is 6.42 Å². The third kappa shape index (κ3) is 13.8. The zero-order valence-electron chi connectivity index (χ0n) is 28.3. The molecular weight excluding hydrogens is 711 g/mol. The van der Waals surface area contributed by atoms with Crippen molar-refractivity contribution in [3.63, 3.8) is 0 Å². The minimum atomic E-state index is -1.69. The minimum absolute atomic E-state index is 0.0557. The van der Waals surface area contributed by atoms with Crippen LogP contribution in [0.3, 0.4) is 0 Å². The molecule has 0 heterocycles. The van der Waals surface area contributed by atoms with E-state index in [1.54, 1.807) is 13.1 Å². The van der Waals surface area contributed by atoms with Crippen LogP contribution in [0.1, 0.15) is 53.9 Å². The summed E-state index contributed by atoms with van der Waals surface area (Å²) in [4.78, 5) is 26.8. The van der Waals surface area contributed by atoms with Crippen LogP contribution in [0.5, 0.6) is 0 Å². The second kappa shape index (κ2) is 18.7. The van der Waals surface area contributed by atoms with Crippen LogP contribution in [0.25, 0.3) is 0 Å². The monoisotopic (exact) mass is 772 g/mol. The Morgan fingerprint density at radius 1 is 0.929 bits per heavy atom. The first-order chi connectivity index (χ1) is 19.2. The Kier molecular flexibility index (Phi) is 18.6. The van der Waals surface area contributed by atoms with Crippen molar-refractivity contribution >= 4 is 64.5 Å². The van der Waals surface area contributed by atoms with Crippen LogP contribution in [0.4, 0.5) is 4.79 Å². The van der Waals surface area contributed by atoms with Gasteiger partial charge >= 0.3 is 206 Å². The molecule has 0 fully saturated rings. The van der Waals surface area contributed by atoms with E-state index in [1.807, 2.05) is 0 Å². The number of halogens is 1. The Hall–Kier alpha value is -0.190. The van der Waals surface area contributed by atoms with Gasteiger partial charge in [-0.25, -0.2) is 9.59 Å². The summed E-state index contributed by atoms with van der Waals surface area (Å²) in [5.74, 6) is 1.54. The number of alkyl halides is 2. The summed E-state index contributed by atoms with van der Waals surface area (Å²) in [6.45, 7) is 14.9. The van der Waals surface area contributed by atoms with Gasteiger partial charge in [0.05, 0.1) is 6.54 Å². The Bertz CT molecular complexity index is 889. The van der Waals surface area contributed by atoms with Crippen LogP contribution in [0, 0.1) is 5.41 Å². The van der Waals surface area contributed by atoms with E-state index in [-0.39, 0.29) is 19.8 Å². The molecule has 2 N–H and O–H groups in total. The van der Waals surface area contributed by atoms with Crippen LogP contribution in [-0.2, 0) is 27.4 Å². The molecule has 0 rings (SSSR count). The Labute approximate surface area is 267 Å². The third-order valence-corrected chi connectivity index (χ3v) is 32.5. The van der Waals surface area contributed by atoms with Crippen molar-refractivity contribution in [3.8, 4) is 0 Å². The fourth-order valence-corrected chi connectivity index (χ4v) is 21.4. The molecular formula is C29H61IN2O7S3. The molecule has 0 bridgehead atoms. The fourth-order valence-electron chi connectivity index (χ4n) is 3.75. The number of alkyl carbamates (subject to hydrolysis) is 1. The van der Waals surface area contributed by atoms with Crippen LogP contribution in [-0.4, -0.2) is 114 Å². The molecule has 0 aliphatic carbocycles. The molecule has 9 nitrogen and oxygen atoms in total. The zero-order chi connectivity index (χ0) is 32.8. The van der Waals surface area contributed by atoms with Gasteiger partial charge in [-0.2, -0.15) is 0 Å². The topological polar surface area (TPSA) is 116 Å². The summed E-state index contributed by atoms with van der Waals surface area (Å²) in [7, 11) is -4.19. The Morgan fingerprint density at radius 2 is 1.55 bits per heavy atom. The number of hydrogen-bond donors (Lipinski definition) is 2. The maximum atomic E-state index is 11.7. The summed E-state index contributed by atoms with van der Waals surface area (Å²) >= 11 is -1.28. The van der Waals surface area contributed by atoms with Crippen molar-refractivity contribution in [2.45, 2.75) is 63.7 Å². The molecule has 0 saturated carbocycles. The summed E-state index contributed by atoms with van der Waals surface area (Å²) < 4.78 is 29.6. The first-order valence-corrected chi connectivity index (χ1v) is 28.1. The van der Waals surface area contributed by atoms with E-state index in [9.17, 15) is 9.59 Å². The normalized spacial score (nSPS) is 17.2. The van der Waals surface area contributed by atoms with Gasteiger partial charge in [0.15, 0.2) is 0 Å². The van der Waals surface area contributed by atoms with Crippen LogP contribution < -0.4 is 5.32 Å². The van der Waals surface area contributed by atoms with Gasteiger partial charge < -0.3 is 14.8 Å². The molecule has 2 atom stereocenters. The van der Waals surface area contributed by atoms with Crippen LogP contribution in [0.15, 0.2) is 12.2 Å². The second-order valence-corrected chi connectivity index (χ2v) is 35.9. The van der Waals surface area contributed by atoms with E-state index in [0.29, 0.717) is 18.8 Å². The SMILES string of the molecule is C=C(C)C(=O)OCCNC(=O)OCCOCCCS(C)(C)OC(C)(C)S(C)(C)OC(C)(C=N)S(C)(CCCC)I(C)C. The maximum absolute atomic E-state index is 11.7. The number of amides is 1. The van der Waals surface area contributed by atoms with Crippen molar-refractivity contribution in [1.82, 2.24) is 5.32 Å². The van der Waals surface area contributed by atoms with E-state index >= 15 is 0 Å². The molecule has 254 valence electrons. The quantitative estimate of drug-likeness (QED) is 0.0298. The molecule has 0 spiro atoms. The summed E-state index contributed by atoms with van der Waals surface area (Å²) in [6.07, 6.45) is 15.3.